The van der Waals surface area contributed by atoms with Crippen LogP contribution in [0, 0.1) is 17.6 Å². The SMILES string of the molecule is CNC(CC1CC1)c1ccc(F)c(F)c1Br. The second-order valence-electron chi connectivity index (χ2n) is 4.28. The molecule has 0 radical (unpaired) electrons. The van der Waals surface area contributed by atoms with Gasteiger partial charge in [0.2, 0.25) is 0 Å². The first-order chi connectivity index (χ1) is 7.63. The number of rotatable bonds is 4. The third-order valence-electron chi connectivity index (χ3n) is 3.05. The lowest BCUT2D eigenvalue weighted by atomic mass is 10.0. The highest BCUT2D eigenvalue weighted by Gasteiger charge is 2.27. The summed E-state index contributed by atoms with van der Waals surface area (Å²) in [5.41, 5.74) is 0.799. The van der Waals surface area contributed by atoms with Crippen molar-refractivity contribution in [2.75, 3.05) is 7.05 Å². The van der Waals surface area contributed by atoms with Gasteiger partial charge in [0, 0.05) is 6.04 Å². The van der Waals surface area contributed by atoms with Crippen LogP contribution in [0.4, 0.5) is 8.78 Å². The number of hydrogen-bond acceptors (Lipinski definition) is 1. The van der Waals surface area contributed by atoms with Gasteiger partial charge in [0.1, 0.15) is 0 Å². The minimum Gasteiger partial charge on any atom is -0.313 e. The van der Waals surface area contributed by atoms with Crippen LogP contribution in [0.5, 0.6) is 0 Å². The molecule has 4 heteroatoms. The Morgan fingerprint density at radius 2 is 2.12 bits per heavy atom. The van der Waals surface area contributed by atoms with Gasteiger partial charge in [0.25, 0.3) is 0 Å². The maximum atomic E-state index is 13.4. The Labute approximate surface area is 102 Å². The molecule has 0 spiro atoms. The largest absolute Gasteiger partial charge is 0.313 e. The molecule has 16 heavy (non-hydrogen) atoms. The molecule has 1 fully saturated rings. The van der Waals surface area contributed by atoms with E-state index >= 15 is 0 Å². The fraction of sp³-hybridized carbons (Fsp3) is 0.500. The Balaban J connectivity index is 2.26. The zero-order valence-electron chi connectivity index (χ0n) is 9.06. The van der Waals surface area contributed by atoms with E-state index in [0.717, 1.165) is 17.9 Å². The molecule has 1 saturated carbocycles. The Hall–Kier alpha value is -0.480. The van der Waals surface area contributed by atoms with E-state index in [-0.39, 0.29) is 10.5 Å². The molecule has 1 aliphatic rings. The maximum Gasteiger partial charge on any atom is 0.173 e. The van der Waals surface area contributed by atoms with E-state index < -0.39 is 11.6 Å². The van der Waals surface area contributed by atoms with Crippen molar-refractivity contribution in [3.05, 3.63) is 33.8 Å². The van der Waals surface area contributed by atoms with Crippen molar-refractivity contribution < 1.29 is 8.78 Å². The van der Waals surface area contributed by atoms with Crippen LogP contribution in [0.15, 0.2) is 16.6 Å². The van der Waals surface area contributed by atoms with Crippen molar-refractivity contribution in [2.45, 2.75) is 25.3 Å². The first kappa shape index (κ1) is 12.0. The van der Waals surface area contributed by atoms with Gasteiger partial charge in [0.05, 0.1) is 4.47 Å². The van der Waals surface area contributed by atoms with Crippen LogP contribution >= 0.6 is 15.9 Å². The first-order valence-corrected chi connectivity index (χ1v) is 6.23. The van der Waals surface area contributed by atoms with Gasteiger partial charge in [-0.25, -0.2) is 8.78 Å². The average molecular weight is 290 g/mol. The number of hydrogen-bond donors (Lipinski definition) is 1. The minimum absolute atomic E-state index is 0.0944. The van der Waals surface area contributed by atoms with E-state index in [1.165, 1.54) is 18.9 Å². The predicted molar refractivity (Wildman–Crippen MR) is 63.2 cm³/mol. The average Bonchev–Trinajstić information content (AvgIpc) is 3.07. The lowest BCUT2D eigenvalue weighted by Crippen LogP contribution is -2.18. The maximum absolute atomic E-state index is 13.4. The molecule has 88 valence electrons. The van der Waals surface area contributed by atoms with E-state index in [1.54, 1.807) is 6.07 Å². The summed E-state index contributed by atoms with van der Waals surface area (Å²) in [5.74, 6) is -0.872. The summed E-state index contributed by atoms with van der Waals surface area (Å²) in [4.78, 5) is 0. The van der Waals surface area contributed by atoms with Crippen molar-refractivity contribution in [3.8, 4) is 0 Å². The molecular formula is C12H14BrF2N. The lowest BCUT2D eigenvalue weighted by Gasteiger charge is -2.18. The van der Waals surface area contributed by atoms with Crippen molar-refractivity contribution in [1.29, 1.82) is 0 Å². The van der Waals surface area contributed by atoms with E-state index in [0.29, 0.717) is 0 Å². The van der Waals surface area contributed by atoms with Gasteiger partial charge in [-0.3, -0.25) is 0 Å². The van der Waals surface area contributed by atoms with E-state index in [4.69, 9.17) is 0 Å². The Kier molecular flexibility index (Phi) is 3.60. The molecule has 0 bridgehead atoms. The van der Waals surface area contributed by atoms with Crippen molar-refractivity contribution in [2.24, 2.45) is 5.92 Å². The molecule has 1 aromatic carbocycles. The normalized spacial score (nSPS) is 17.5. The molecule has 0 amide bonds. The topological polar surface area (TPSA) is 12.0 Å². The predicted octanol–water partition coefficient (Wildman–Crippen LogP) is 3.79. The third kappa shape index (κ3) is 2.43. The summed E-state index contributed by atoms with van der Waals surface area (Å²) in [7, 11) is 1.85. The second kappa shape index (κ2) is 4.80. The number of nitrogens with one attached hydrogen (secondary N) is 1. The van der Waals surface area contributed by atoms with Crippen LogP contribution in [0.3, 0.4) is 0 Å². The van der Waals surface area contributed by atoms with Crippen molar-refractivity contribution in [1.82, 2.24) is 5.32 Å². The minimum atomic E-state index is -0.808. The monoisotopic (exact) mass is 289 g/mol. The zero-order chi connectivity index (χ0) is 11.7. The molecule has 1 N–H and O–H groups in total. The molecule has 1 aromatic rings. The number of halogens is 3. The highest BCUT2D eigenvalue weighted by atomic mass is 79.9. The van der Waals surface area contributed by atoms with Gasteiger partial charge in [-0.15, -0.1) is 0 Å². The second-order valence-corrected chi connectivity index (χ2v) is 5.08. The Morgan fingerprint density at radius 3 is 2.69 bits per heavy atom. The molecule has 0 saturated heterocycles. The molecule has 1 aliphatic carbocycles. The molecule has 0 aromatic heterocycles. The first-order valence-electron chi connectivity index (χ1n) is 5.44. The molecule has 1 unspecified atom stereocenters. The van der Waals surface area contributed by atoms with Crippen LogP contribution in [0.1, 0.15) is 30.9 Å². The molecule has 0 aliphatic heterocycles. The van der Waals surface area contributed by atoms with Gasteiger partial charge >= 0.3 is 0 Å². The fourth-order valence-electron chi connectivity index (χ4n) is 1.90. The third-order valence-corrected chi connectivity index (χ3v) is 3.86. The zero-order valence-corrected chi connectivity index (χ0v) is 10.7. The molecule has 1 atom stereocenters. The summed E-state index contributed by atoms with van der Waals surface area (Å²) in [6, 6.07) is 2.93. The lowest BCUT2D eigenvalue weighted by molar-refractivity contribution is 0.482. The van der Waals surface area contributed by atoms with Gasteiger partial charge in [0.15, 0.2) is 11.6 Å². The smallest absolute Gasteiger partial charge is 0.173 e. The van der Waals surface area contributed by atoms with Crippen molar-refractivity contribution in [3.63, 3.8) is 0 Å². The summed E-state index contributed by atoms with van der Waals surface area (Å²) < 4.78 is 26.6. The van der Waals surface area contributed by atoms with Crippen LogP contribution < -0.4 is 5.32 Å². The standard InChI is InChI=1S/C12H14BrF2N/c1-16-10(6-7-2-3-7)8-4-5-9(14)12(15)11(8)13/h4-5,7,10,16H,2-3,6H2,1H3. The van der Waals surface area contributed by atoms with Crippen LogP contribution in [-0.2, 0) is 0 Å². The molecular weight excluding hydrogens is 276 g/mol. The summed E-state index contributed by atoms with van der Waals surface area (Å²) in [6.07, 6.45) is 3.49. The van der Waals surface area contributed by atoms with Crippen molar-refractivity contribution >= 4 is 15.9 Å². The fourth-order valence-corrected chi connectivity index (χ4v) is 2.50. The summed E-state index contributed by atoms with van der Waals surface area (Å²) >= 11 is 3.13. The Bertz CT molecular complexity index is 391. The van der Waals surface area contributed by atoms with Crippen LogP contribution in [-0.4, -0.2) is 7.05 Å². The molecule has 2 rings (SSSR count). The molecule has 1 nitrogen and oxygen atoms in total. The number of benzene rings is 1. The summed E-state index contributed by atoms with van der Waals surface area (Å²) in [5, 5.41) is 3.16. The van der Waals surface area contributed by atoms with E-state index in [9.17, 15) is 8.78 Å². The highest BCUT2D eigenvalue weighted by molar-refractivity contribution is 9.10. The van der Waals surface area contributed by atoms with Gasteiger partial charge in [-0.1, -0.05) is 18.9 Å². The summed E-state index contributed by atoms with van der Waals surface area (Å²) in [6.45, 7) is 0. The van der Waals surface area contributed by atoms with Crippen LogP contribution in [0.2, 0.25) is 0 Å². The van der Waals surface area contributed by atoms with Crippen LogP contribution in [0.25, 0.3) is 0 Å². The van der Waals surface area contributed by atoms with Gasteiger partial charge in [-0.2, -0.15) is 0 Å². The van der Waals surface area contributed by atoms with E-state index in [1.807, 2.05) is 7.05 Å². The van der Waals surface area contributed by atoms with E-state index in [2.05, 4.69) is 21.2 Å². The highest BCUT2D eigenvalue weighted by Crippen LogP contribution is 2.39. The quantitative estimate of drug-likeness (QED) is 0.832. The van der Waals surface area contributed by atoms with Gasteiger partial charge < -0.3 is 5.32 Å². The van der Waals surface area contributed by atoms with Gasteiger partial charge in [-0.05, 0) is 46.9 Å². The molecule has 0 heterocycles. The Morgan fingerprint density at radius 1 is 1.44 bits per heavy atom.